The second kappa shape index (κ2) is 16.7. The molecule has 2 aromatic heterocycles. The molecule has 0 spiro atoms. The normalized spacial score (nSPS) is 26.7. The topological polar surface area (TPSA) is 195 Å². The van der Waals surface area contributed by atoms with E-state index in [1.165, 1.54) is 4.90 Å². The van der Waals surface area contributed by atoms with Gasteiger partial charge in [0.1, 0.15) is 46.7 Å². The molecule has 0 unspecified atom stereocenters. The molecule has 3 saturated carbocycles. The van der Waals surface area contributed by atoms with E-state index in [4.69, 9.17) is 23.6 Å². The van der Waals surface area contributed by atoms with Gasteiger partial charge in [-0.15, -0.1) is 0 Å². The van der Waals surface area contributed by atoms with Crippen LogP contribution in [0.2, 0.25) is 0 Å². The molecule has 0 radical (unpaired) electrons. The van der Waals surface area contributed by atoms with E-state index in [0.29, 0.717) is 71.4 Å². The Kier molecular flexibility index (Phi) is 11.1. The SMILES string of the molecule is COc1ccc2oc3c(O[C@@H]4C[C@H]5C(=O)N[C@]6(C(=O)NS(=O)(=O)C7CC7)C[C@@H]6/C=C\CCCCC[C@H](NC(=O)OC6CCCC6)C(=O)N5C4)cc(-c4ccccc4)nc3c2c1. The summed E-state index contributed by atoms with van der Waals surface area (Å²) in [6, 6.07) is 14.7. The van der Waals surface area contributed by atoms with Gasteiger partial charge in [0.25, 0.3) is 5.91 Å². The monoisotopic (exact) mass is 853 g/mol. The standard InChI is InChI=1S/C45H51N5O10S/c1-57-30-18-21-37-33(22-30)39-40(60-37)38(24-35(46-39)27-12-6-5-7-13-27)58-31-23-36-41(51)48-45(43(53)49-61(55,56)32-19-20-32)25-28(45)14-8-3-2-4-9-17-34(42(52)50(36)26-31)47-44(54)59-29-15-10-11-16-29/h5-8,12-14,18,21-22,24,28-29,31-32,34,36H,2-4,9-11,15-17,19-20,23,25-26H2,1H3,(H,47,54)(H,48,51)(H,49,53)/b14-8-/t28-,31+,34-,36-,45+/m0/s1. The lowest BCUT2D eigenvalue weighted by molar-refractivity contribution is -0.141. The highest BCUT2D eigenvalue weighted by molar-refractivity contribution is 7.91. The number of sulfonamides is 1. The van der Waals surface area contributed by atoms with Gasteiger partial charge >= 0.3 is 6.09 Å². The van der Waals surface area contributed by atoms with Crippen molar-refractivity contribution in [2.24, 2.45) is 5.92 Å². The minimum Gasteiger partial charge on any atom is -0.497 e. The van der Waals surface area contributed by atoms with Crippen molar-refractivity contribution in [2.45, 2.75) is 119 Å². The van der Waals surface area contributed by atoms with E-state index in [-0.39, 0.29) is 25.5 Å². The first-order valence-electron chi connectivity index (χ1n) is 21.5. The minimum atomic E-state index is -3.92. The van der Waals surface area contributed by atoms with Crippen molar-refractivity contribution < 1.29 is 46.2 Å². The second-order valence-corrected chi connectivity index (χ2v) is 19.0. The number of nitrogens with one attached hydrogen (secondary N) is 3. The molecule has 15 nitrogen and oxygen atoms in total. The summed E-state index contributed by atoms with van der Waals surface area (Å²) in [7, 11) is -2.33. The number of hydrogen-bond donors (Lipinski definition) is 3. The lowest BCUT2D eigenvalue weighted by Crippen LogP contribution is -2.58. The lowest BCUT2D eigenvalue weighted by Gasteiger charge is -2.30. The van der Waals surface area contributed by atoms with Gasteiger partial charge in [0.15, 0.2) is 11.3 Å². The molecule has 3 N–H and O–H groups in total. The first-order valence-corrected chi connectivity index (χ1v) is 23.0. The van der Waals surface area contributed by atoms with Gasteiger partial charge in [-0.3, -0.25) is 19.1 Å². The molecule has 4 aromatic rings. The molecule has 4 heterocycles. The number of carbonyl (C=O) groups excluding carboxylic acids is 4. The molecule has 2 aromatic carbocycles. The molecule has 2 aliphatic heterocycles. The Morgan fingerprint density at radius 3 is 2.51 bits per heavy atom. The number of aromatic nitrogens is 1. The van der Waals surface area contributed by atoms with Crippen LogP contribution in [0.15, 0.2) is 71.2 Å². The van der Waals surface area contributed by atoms with Gasteiger partial charge in [-0.25, -0.2) is 18.2 Å². The van der Waals surface area contributed by atoms with Crippen LogP contribution in [0, 0.1) is 5.92 Å². The summed E-state index contributed by atoms with van der Waals surface area (Å²) < 4.78 is 52.5. The fourth-order valence-electron chi connectivity index (χ4n) is 9.02. The number of amides is 4. The molecule has 4 fully saturated rings. The number of rotatable bonds is 9. The van der Waals surface area contributed by atoms with Gasteiger partial charge in [-0.1, -0.05) is 55.3 Å². The van der Waals surface area contributed by atoms with E-state index in [2.05, 4.69) is 15.4 Å². The Morgan fingerprint density at radius 2 is 1.74 bits per heavy atom. The molecule has 1 saturated heterocycles. The summed E-state index contributed by atoms with van der Waals surface area (Å²) in [4.78, 5) is 63.0. The molecular weight excluding hydrogens is 803 g/mol. The van der Waals surface area contributed by atoms with Crippen molar-refractivity contribution in [1.29, 1.82) is 0 Å². The zero-order valence-electron chi connectivity index (χ0n) is 34.1. The third kappa shape index (κ3) is 8.51. The highest BCUT2D eigenvalue weighted by Crippen LogP contribution is 2.46. The summed E-state index contributed by atoms with van der Waals surface area (Å²) in [5.41, 5.74) is 1.40. The number of alkyl carbamates (subject to hydrolysis) is 1. The zero-order valence-corrected chi connectivity index (χ0v) is 34.9. The number of pyridine rings is 1. The van der Waals surface area contributed by atoms with Crippen molar-refractivity contribution in [2.75, 3.05) is 13.7 Å². The smallest absolute Gasteiger partial charge is 0.408 e. The number of nitrogens with zero attached hydrogens (tertiary/aromatic N) is 2. The summed E-state index contributed by atoms with van der Waals surface area (Å²) in [6.07, 6.45) is 9.99. The molecule has 3 aliphatic carbocycles. The Bertz CT molecular complexity index is 2480. The number of allylic oxidation sites excluding steroid dienone is 1. The number of fused-ring (bicyclic) bond motifs is 5. The van der Waals surface area contributed by atoms with Crippen LogP contribution in [0.4, 0.5) is 4.79 Å². The van der Waals surface area contributed by atoms with E-state index < -0.39 is 68.7 Å². The maximum atomic E-state index is 14.8. The van der Waals surface area contributed by atoms with Crippen molar-refractivity contribution in [3.05, 3.63) is 66.7 Å². The number of ether oxygens (including phenoxy) is 3. The van der Waals surface area contributed by atoms with Crippen LogP contribution in [0.5, 0.6) is 11.5 Å². The third-order valence-electron chi connectivity index (χ3n) is 12.7. The summed E-state index contributed by atoms with van der Waals surface area (Å²) in [5.74, 6) is -1.37. The molecular formula is C45H51N5O10S. The maximum absolute atomic E-state index is 14.8. The predicted molar refractivity (Wildman–Crippen MR) is 225 cm³/mol. The van der Waals surface area contributed by atoms with Crippen LogP contribution in [-0.4, -0.2) is 90.9 Å². The quantitative estimate of drug-likeness (QED) is 0.166. The van der Waals surface area contributed by atoms with E-state index in [1.807, 2.05) is 48.6 Å². The van der Waals surface area contributed by atoms with Gasteiger partial charge in [-0.2, -0.15) is 0 Å². The first-order chi connectivity index (χ1) is 29.5. The summed E-state index contributed by atoms with van der Waals surface area (Å²) in [5, 5.41) is 5.83. The number of methoxy groups -OCH3 is 1. The van der Waals surface area contributed by atoms with Crippen molar-refractivity contribution in [3.8, 4) is 22.8 Å². The van der Waals surface area contributed by atoms with Crippen LogP contribution in [0.25, 0.3) is 33.3 Å². The molecule has 61 heavy (non-hydrogen) atoms. The number of carbonyl (C=O) groups is 4. The van der Waals surface area contributed by atoms with E-state index >= 15 is 0 Å². The van der Waals surface area contributed by atoms with E-state index in [1.54, 1.807) is 25.3 Å². The van der Waals surface area contributed by atoms with E-state index in [9.17, 15) is 27.6 Å². The van der Waals surface area contributed by atoms with E-state index in [0.717, 1.165) is 44.1 Å². The van der Waals surface area contributed by atoms with Gasteiger partial charge in [0.05, 0.1) is 30.0 Å². The number of benzene rings is 2. The molecule has 0 bridgehead atoms. The minimum absolute atomic E-state index is 0.0218. The molecule has 322 valence electrons. The Balaban J connectivity index is 1.06. The average Bonchev–Trinajstić information content (AvgIpc) is 4.07. The van der Waals surface area contributed by atoms with Crippen molar-refractivity contribution in [3.63, 3.8) is 0 Å². The van der Waals surface area contributed by atoms with Gasteiger partial charge in [0.2, 0.25) is 21.8 Å². The lowest BCUT2D eigenvalue weighted by atomic mass is 10.0. The number of furan rings is 1. The third-order valence-corrected chi connectivity index (χ3v) is 14.5. The van der Waals surface area contributed by atoms with Crippen molar-refractivity contribution in [1.82, 2.24) is 25.2 Å². The number of hydrogen-bond acceptors (Lipinski definition) is 11. The van der Waals surface area contributed by atoms with Crippen molar-refractivity contribution >= 4 is 55.9 Å². The predicted octanol–water partition coefficient (Wildman–Crippen LogP) is 6.05. The molecule has 4 amide bonds. The van der Waals surface area contributed by atoms with Crippen LogP contribution >= 0.6 is 0 Å². The molecule has 5 atom stereocenters. The highest BCUT2D eigenvalue weighted by atomic mass is 32.2. The van der Waals surface area contributed by atoms with Crippen LogP contribution in [0.1, 0.15) is 83.5 Å². The molecule has 16 heteroatoms. The van der Waals surface area contributed by atoms with Gasteiger partial charge in [-0.05, 0) is 82.4 Å². The molecule has 9 rings (SSSR count). The summed E-state index contributed by atoms with van der Waals surface area (Å²) >= 11 is 0. The fraction of sp³-hybridized carbons (Fsp3) is 0.489. The van der Waals surface area contributed by atoms with Crippen LogP contribution < -0.4 is 24.8 Å². The van der Waals surface area contributed by atoms with Gasteiger partial charge < -0.3 is 34.2 Å². The first kappa shape index (κ1) is 40.7. The Morgan fingerprint density at radius 1 is 0.951 bits per heavy atom. The summed E-state index contributed by atoms with van der Waals surface area (Å²) in [6.45, 7) is -0.0378. The zero-order chi connectivity index (χ0) is 42.3. The van der Waals surface area contributed by atoms with Gasteiger partial charge in [0, 0.05) is 24.0 Å². The van der Waals surface area contributed by atoms with Crippen LogP contribution in [-0.2, 0) is 29.1 Å². The Hall–Kier alpha value is -5.64. The highest BCUT2D eigenvalue weighted by Gasteiger charge is 2.62. The molecule has 5 aliphatic rings. The second-order valence-electron chi connectivity index (χ2n) is 17.0. The average molecular weight is 854 g/mol. The fourth-order valence-corrected chi connectivity index (χ4v) is 10.4. The maximum Gasteiger partial charge on any atom is 0.408 e. The largest absolute Gasteiger partial charge is 0.497 e. The van der Waals surface area contributed by atoms with Crippen LogP contribution in [0.3, 0.4) is 0 Å². The Labute approximate surface area is 354 Å².